The van der Waals surface area contributed by atoms with Crippen molar-refractivity contribution in [1.82, 2.24) is 10.6 Å². The summed E-state index contributed by atoms with van der Waals surface area (Å²) in [6, 6.07) is 8.80. The summed E-state index contributed by atoms with van der Waals surface area (Å²) in [7, 11) is 0. The Hall–Kier alpha value is -1.00. The summed E-state index contributed by atoms with van der Waals surface area (Å²) in [6.45, 7) is 2.92. The van der Waals surface area contributed by atoms with E-state index in [2.05, 4.69) is 41.8 Å². The van der Waals surface area contributed by atoms with E-state index in [1.54, 1.807) is 11.8 Å². The number of thioether (sulfide) groups is 1. The molecule has 0 radical (unpaired) electrons. The Kier molecular flexibility index (Phi) is 4.55. The Labute approximate surface area is 131 Å². The van der Waals surface area contributed by atoms with Crippen LogP contribution in [-0.2, 0) is 10.2 Å². The van der Waals surface area contributed by atoms with E-state index < -0.39 is 0 Å². The summed E-state index contributed by atoms with van der Waals surface area (Å²) in [6.07, 6.45) is 4.90. The van der Waals surface area contributed by atoms with Crippen LogP contribution in [0, 0.1) is 6.92 Å². The lowest BCUT2D eigenvalue weighted by Crippen LogP contribution is -2.47. The summed E-state index contributed by atoms with van der Waals surface area (Å²) in [5.74, 6) is 1.95. The van der Waals surface area contributed by atoms with Crippen LogP contribution in [-0.4, -0.2) is 30.1 Å². The summed E-state index contributed by atoms with van der Waals surface area (Å²) < 4.78 is 0. The van der Waals surface area contributed by atoms with E-state index in [1.807, 2.05) is 0 Å². The third-order valence-corrected chi connectivity index (χ3v) is 5.76. The summed E-state index contributed by atoms with van der Waals surface area (Å²) >= 11 is 1.79. The van der Waals surface area contributed by atoms with Gasteiger partial charge in [-0.25, -0.2) is 0 Å². The van der Waals surface area contributed by atoms with Gasteiger partial charge in [-0.3, -0.25) is 10.1 Å². The molecule has 2 N–H and O–H groups in total. The molecule has 1 atom stereocenters. The molecule has 2 aliphatic rings. The molecule has 1 amide bonds. The van der Waals surface area contributed by atoms with E-state index in [1.165, 1.54) is 36.8 Å². The molecule has 0 spiro atoms. The van der Waals surface area contributed by atoms with Gasteiger partial charge in [0.15, 0.2) is 0 Å². The summed E-state index contributed by atoms with van der Waals surface area (Å²) in [5.41, 5.74) is 2.85. The molecule has 21 heavy (non-hydrogen) atoms. The van der Waals surface area contributed by atoms with Crippen LogP contribution in [0.1, 0.15) is 36.8 Å². The van der Waals surface area contributed by atoms with E-state index in [4.69, 9.17) is 0 Å². The Morgan fingerprint density at radius 1 is 1.43 bits per heavy atom. The minimum atomic E-state index is -0.00837. The van der Waals surface area contributed by atoms with Crippen LogP contribution in [0.15, 0.2) is 24.3 Å². The topological polar surface area (TPSA) is 41.1 Å². The van der Waals surface area contributed by atoms with Crippen molar-refractivity contribution in [2.75, 3.05) is 18.2 Å². The lowest BCUT2D eigenvalue weighted by molar-refractivity contribution is -0.122. The molecular formula is C17H24N2OS. The van der Waals surface area contributed by atoms with Crippen LogP contribution in [0.3, 0.4) is 0 Å². The van der Waals surface area contributed by atoms with Crippen LogP contribution in [0.25, 0.3) is 0 Å². The molecule has 3 rings (SSSR count). The van der Waals surface area contributed by atoms with Gasteiger partial charge in [0.25, 0.3) is 0 Å². The normalized spacial score (nSPS) is 24.1. The molecule has 4 heteroatoms. The van der Waals surface area contributed by atoms with Gasteiger partial charge >= 0.3 is 0 Å². The molecule has 1 aromatic carbocycles. The fourth-order valence-electron chi connectivity index (χ4n) is 3.54. The monoisotopic (exact) mass is 304 g/mol. The van der Waals surface area contributed by atoms with Gasteiger partial charge in [-0.15, -0.1) is 11.8 Å². The van der Waals surface area contributed by atoms with Crippen LogP contribution >= 0.6 is 11.8 Å². The van der Waals surface area contributed by atoms with Gasteiger partial charge in [0.2, 0.25) is 5.91 Å². The second-order valence-corrected chi connectivity index (χ2v) is 7.38. The lowest BCUT2D eigenvalue weighted by atomic mass is 9.78. The second kappa shape index (κ2) is 6.41. The third kappa shape index (κ3) is 3.27. The molecule has 1 saturated carbocycles. The zero-order valence-corrected chi connectivity index (χ0v) is 13.5. The van der Waals surface area contributed by atoms with Crippen LogP contribution in [0.5, 0.6) is 0 Å². The molecule has 1 heterocycles. The van der Waals surface area contributed by atoms with Gasteiger partial charge in [-0.2, -0.15) is 0 Å². The number of carbonyl (C=O) groups excluding carboxylic acids is 1. The molecule has 0 aromatic heterocycles. The smallest absolute Gasteiger partial charge is 0.238 e. The van der Waals surface area contributed by atoms with Crippen molar-refractivity contribution >= 4 is 17.7 Å². The highest BCUT2D eigenvalue weighted by atomic mass is 32.2. The number of rotatable bonds is 4. The standard InChI is InChI=1S/C17H24N2OS/c1-13-5-4-6-14(9-13)17(7-2-3-8-17)11-18-16(20)15-10-21-12-19-15/h4-6,9,15,19H,2-3,7-8,10-12H2,1H3,(H,18,20). The molecule has 3 nitrogen and oxygen atoms in total. The van der Waals surface area contributed by atoms with Crippen molar-refractivity contribution in [2.45, 2.75) is 44.1 Å². The van der Waals surface area contributed by atoms with E-state index in [-0.39, 0.29) is 17.4 Å². The lowest BCUT2D eigenvalue weighted by Gasteiger charge is -2.31. The van der Waals surface area contributed by atoms with Crippen molar-refractivity contribution in [1.29, 1.82) is 0 Å². The highest BCUT2D eigenvalue weighted by Crippen LogP contribution is 2.40. The zero-order chi connectivity index (χ0) is 14.7. The first-order valence-corrected chi connectivity index (χ1v) is 9.01. The number of hydrogen-bond donors (Lipinski definition) is 2. The van der Waals surface area contributed by atoms with E-state index in [0.717, 1.165) is 18.2 Å². The van der Waals surface area contributed by atoms with Crippen molar-refractivity contribution in [3.8, 4) is 0 Å². The predicted molar refractivity (Wildman–Crippen MR) is 88.6 cm³/mol. The first kappa shape index (κ1) is 14.9. The maximum absolute atomic E-state index is 12.3. The number of carbonyl (C=O) groups is 1. The fraction of sp³-hybridized carbons (Fsp3) is 0.588. The molecule has 2 fully saturated rings. The molecule has 1 unspecified atom stereocenters. The van der Waals surface area contributed by atoms with Crippen molar-refractivity contribution in [2.24, 2.45) is 0 Å². The minimum absolute atomic E-state index is 0.00837. The maximum atomic E-state index is 12.3. The van der Waals surface area contributed by atoms with Crippen molar-refractivity contribution in [3.63, 3.8) is 0 Å². The number of benzene rings is 1. The molecule has 0 bridgehead atoms. The molecule has 1 aliphatic carbocycles. The zero-order valence-electron chi connectivity index (χ0n) is 12.7. The minimum Gasteiger partial charge on any atom is -0.354 e. The fourth-order valence-corrected chi connectivity index (χ4v) is 4.48. The highest BCUT2D eigenvalue weighted by molar-refractivity contribution is 7.99. The average molecular weight is 304 g/mol. The van der Waals surface area contributed by atoms with Crippen molar-refractivity contribution < 1.29 is 4.79 Å². The Morgan fingerprint density at radius 2 is 2.24 bits per heavy atom. The SMILES string of the molecule is Cc1cccc(C2(CNC(=O)C3CSCN3)CCCC2)c1. The van der Waals surface area contributed by atoms with Crippen LogP contribution < -0.4 is 10.6 Å². The second-order valence-electron chi connectivity index (χ2n) is 6.35. The van der Waals surface area contributed by atoms with Gasteiger partial charge in [0.1, 0.15) is 0 Å². The van der Waals surface area contributed by atoms with E-state index in [0.29, 0.717) is 0 Å². The highest BCUT2D eigenvalue weighted by Gasteiger charge is 2.36. The number of hydrogen-bond acceptors (Lipinski definition) is 3. The van der Waals surface area contributed by atoms with Gasteiger partial charge in [0.05, 0.1) is 6.04 Å². The van der Waals surface area contributed by atoms with Crippen LogP contribution in [0.2, 0.25) is 0 Å². The first-order valence-electron chi connectivity index (χ1n) is 7.86. The number of aryl methyl sites for hydroxylation is 1. The summed E-state index contributed by atoms with van der Waals surface area (Å²) in [5, 5.41) is 6.45. The third-order valence-electron chi connectivity index (χ3n) is 4.82. The van der Waals surface area contributed by atoms with Gasteiger partial charge in [-0.1, -0.05) is 42.7 Å². The van der Waals surface area contributed by atoms with E-state index >= 15 is 0 Å². The number of amides is 1. The largest absolute Gasteiger partial charge is 0.354 e. The predicted octanol–water partition coefficient (Wildman–Crippen LogP) is 2.59. The average Bonchev–Trinajstić information content (AvgIpc) is 3.17. The molecule has 114 valence electrons. The van der Waals surface area contributed by atoms with E-state index in [9.17, 15) is 4.79 Å². The number of nitrogens with one attached hydrogen (secondary N) is 2. The van der Waals surface area contributed by atoms with Crippen LogP contribution in [0.4, 0.5) is 0 Å². The molecule has 1 aliphatic heterocycles. The molecule has 1 saturated heterocycles. The van der Waals surface area contributed by atoms with Gasteiger partial charge in [-0.05, 0) is 25.3 Å². The van der Waals surface area contributed by atoms with Crippen molar-refractivity contribution in [3.05, 3.63) is 35.4 Å². The Balaban J connectivity index is 1.71. The molecular weight excluding hydrogens is 280 g/mol. The maximum Gasteiger partial charge on any atom is 0.238 e. The Morgan fingerprint density at radius 3 is 2.90 bits per heavy atom. The molecule has 1 aromatic rings. The van der Waals surface area contributed by atoms with Gasteiger partial charge in [0, 0.05) is 23.6 Å². The Bertz CT molecular complexity index is 505. The summed E-state index contributed by atoms with van der Waals surface area (Å²) in [4.78, 5) is 12.3. The van der Waals surface area contributed by atoms with Gasteiger partial charge < -0.3 is 5.32 Å². The first-order chi connectivity index (χ1) is 10.2. The quantitative estimate of drug-likeness (QED) is 0.898.